The minimum atomic E-state index is -0.412. The van der Waals surface area contributed by atoms with Crippen molar-refractivity contribution in [2.45, 2.75) is 19.9 Å². The number of carbonyl (C=O) groups excluding carboxylic acids is 2. The quantitative estimate of drug-likeness (QED) is 0.858. The van der Waals surface area contributed by atoms with Crippen LogP contribution in [0.3, 0.4) is 0 Å². The number of aryl methyl sites for hydroxylation is 1. The zero-order chi connectivity index (χ0) is 13.3. The normalized spacial score (nSPS) is 19.6. The van der Waals surface area contributed by atoms with E-state index in [-0.39, 0.29) is 11.8 Å². The number of nitrogens with one attached hydrogen (secondary N) is 1. The lowest BCUT2D eigenvalue weighted by atomic mass is 10.1. The molecule has 1 aliphatic rings. The Morgan fingerprint density at radius 1 is 1.44 bits per heavy atom. The molecule has 0 saturated carbocycles. The first-order valence-electron chi connectivity index (χ1n) is 5.85. The van der Waals surface area contributed by atoms with Crippen LogP contribution >= 0.6 is 15.9 Å². The SMILES string of the molecule is Cc1cc(Br)cc(C(=O)N2CCNC(=O)C2C)c1. The highest BCUT2D eigenvalue weighted by molar-refractivity contribution is 9.10. The smallest absolute Gasteiger partial charge is 0.254 e. The van der Waals surface area contributed by atoms with E-state index in [1.807, 2.05) is 19.1 Å². The third kappa shape index (κ3) is 2.56. The highest BCUT2D eigenvalue weighted by Gasteiger charge is 2.29. The summed E-state index contributed by atoms with van der Waals surface area (Å²) in [6, 6.07) is 5.16. The van der Waals surface area contributed by atoms with Gasteiger partial charge in [-0.3, -0.25) is 9.59 Å². The number of piperazine rings is 1. The Hall–Kier alpha value is -1.36. The zero-order valence-electron chi connectivity index (χ0n) is 10.4. The first-order valence-corrected chi connectivity index (χ1v) is 6.64. The molecule has 1 heterocycles. The molecular formula is C13H15BrN2O2. The van der Waals surface area contributed by atoms with Crippen molar-refractivity contribution in [3.05, 3.63) is 33.8 Å². The van der Waals surface area contributed by atoms with E-state index < -0.39 is 6.04 Å². The molecule has 1 fully saturated rings. The number of hydrogen-bond donors (Lipinski definition) is 1. The molecule has 96 valence electrons. The number of carbonyl (C=O) groups is 2. The first-order chi connectivity index (χ1) is 8.49. The minimum Gasteiger partial charge on any atom is -0.353 e. The largest absolute Gasteiger partial charge is 0.353 e. The van der Waals surface area contributed by atoms with E-state index in [2.05, 4.69) is 21.2 Å². The number of halogens is 1. The van der Waals surface area contributed by atoms with Gasteiger partial charge in [-0.1, -0.05) is 15.9 Å². The van der Waals surface area contributed by atoms with E-state index in [1.54, 1.807) is 17.9 Å². The third-order valence-corrected chi connectivity index (χ3v) is 3.51. The highest BCUT2D eigenvalue weighted by atomic mass is 79.9. The number of amides is 2. The Kier molecular flexibility index (Phi) is 3.71. The van der Waals surface area contributed by atoms with E-state index in [9.17, 15) is 9.59 Å². The van der Waals surface area contributed by atoms with Crippen LogP contribution in [0.1, 0.15) is 22.8 Å². The van der Waals surface area contributed by atoms with Crippen molar-refractivity contribution in [2.75, 3.05) is 13.1 Å². The molecule has 5 heteroatoms. The summed E-state index contributed by atoms with van der Waals surface area (Å²) in [6.07, 6.45) is 0. The molecule has 1 aromatic carbocycles. The molecule has 0 bridgehead atoms. The predicted octanol–water partition coefficient (Wildman–Crippen LogP) is 1.72. The Morgan fingerprint density at radius 3 is 2.83 bits per heavy atom. The fraction of sp³-hybridized carbons (Fsp3) is 0.385. The molecule has 18 heavy (non-hydrogen) atoms. The van der Waals surface area contributed by atoms with Gasteiger partial charge in [-0.2, -0.15) is 0 Å². The van der Waals surface area contributed by atoms with Gasteiger partial charge >= 0.3 is 0 Å². The van der Waals surface area contributed by atoms with Crippen LogP contribution in [-0.2, 0) is 4.79 Å². The van der Waals surface area contributed by atoms with E-state index in [1.165, 1.54) is 0 Å². The van der Waals surface area contributed by atoms with Crippen LogP contribution in [0.5, 0.6) is 0 Å². The molecule has 2 rings (SSSR count). The maximum Gasteiger partial charge on any atom is 0.254 e. The predicted molar refractivity (Wildman–Crippen MR) is 72.4 cm³/mol. The number of benzene rings is 1. The summed E-state index contributed by atoms with van der Waals surface area (Å²) in [4.78, 5) is 25.6. The summed E-state index contributed by atoms with van der Waals surface area (Å²) in [7, 11) is 0. The highest BCUT2D eigenvalue weighted by Crippen LogP contribution is 2.18. The molecule has 1 N–H and O–H groups in total. The van der Waals surface area contributed by atoms with Crippen LogP contribution in [0, 0.1) is 6.92 Å². The topological polar surface area (TPSA) is 49.4 Å². The maximum absolute atomic E-state index is 12.4. The molecule has 1 atom stereocenters. The summed E-state index contributed by atoms with van der Waals surface area (Å²) < 4.78 is 0.875. The van der Waals surface area contributed by atoms with Gasteiger partial charge in [-0.15, -0.1) is 0 Å². The molecule has 1 unspecified atom stereocenters. The van der Waals surface area contributed by atoms with Crippen molar-refractivity contribution in [2.24, 2.45) is 0 Å². The van der Waals surface area contributed by atoms with Gasteiger partial charge in [-0.25, -0.2) is 0 Å². The van der Waals surface area contributed by atoms with Crippen LogP contribution < -0.4 is 5.32 Å². The van der Waals surface area contributed by atoms with Crippen LogP contribution in [-0.4, -0.2) is 35.8 Å². The number of hydrogen-bond acceptors (Lipinski definition) is 2. The lowest BCUT2D eigenvalue weighted by molar-refractivity contribution is -0.127. The minimum absolute atomic E-state index is 0.0956. The maximum atomic E-state index is 12.4. The molecule has 0 radical (unpaired) electrons. The lowest BCUT2D eigenvalue weighted by Crippen LogP contribution is -2.55. The molecule has 0 spiro atoms. The Bertz CT molecular complexity index is 482. The summed E-state index contributed by atoms with van der Waals surface area (Å²) in [5.74, 6) is -0.192. The van der Waals surface area contributed by atoms with Gasteiger partial charge < -0.3 is 10.2 Å². The van der Waals surface area contributed by atoms with Crippen LogP contribution in [0.2, 0.25) is 0 Å². The molecule has 2 amide bonds. The van der Waals surface area contributed by atoms with E-state index in [0.29, 0.717) is 18.7 Å². The van der Waals surface area contributed by atoms with E-state index in [0.717, 1.165) is 10.0 Å². The van der Waals surface area contributed by atoms with Crippen LogP contribution in [0.15, 0.2) is 22.7 Å². The summed E-state index contributed by atoms with van der Waals surface area (Å²) in [5.41, 5.74) is 1.63. The Labute approximate surface area is 114 Å². The fourth-order valence-electron chi connectivity index (χ4n) is 2.09. The van der Waals surface area contributed by atoms with Gasteiger partial charge in [0.15, 0.2) is 0 Å². The molecule has 4 nitrogen and oxygen atoms in total. The summed E-state index contributed by atoms with van der Waals surface area (Å²) in [5, 5.41) is 2.75. The van der Waals surface area contributed by atoms with Gasteiger partial charge in [0.05, 0.1) is 0 Å². The van der Waals surface area contributed by atoms with E-state index in [4.69, 9.17) is 0 Å². The second-order valence-electron chi connectivity index (χ2n) is 4.48. The second kappa shape index (κ2) is 5.10. The fourth-order valence-corrected chi connectivity index (χ4v) is 2.69. The van der Waals surface area contributed by atoms with Crippen molar-refractivity contribution in [3.8, 4) is 0 Å². The first kappa shape index (κ1) is 13.1. The molecule has 0 aromatic heterocycles. The van der Waals surface area contributed by atoms with Crippen molar-refractivity contribution in [3.63, 3.8) is 0 Å². The van der Waals surface area contributed by atoms with Gasteiger partial charge in [0, 0.05) is 23.1 Å². The Morgan fingerprint density at radius 2 is 2.17 bits per heavy atom. The molecule has 0 aliphatic carbocycles. The van der Waals surface area contributed by atoms with Gasteiger partial charge in [0.2, 0.25) is 5.91 Å². The van der Waals surface area contributed by atoms with Gasteiger partial charge in [0.25, 0.3) is 5.91 Å². The van der Waals surface area contributed by atoms with Crippen molar-refractivity contribution >= 4 is 27.7 Å². The second-order valence-corrected chi connectivity index (χ2v) is 5.40. The molecular weight excluding hydrogens is 296 g/mol. The van der Waals surface area contributed by atoms with E-state index >= 15 is 0 Å². The molecule has 1 saturated heterocycles. The van der Waals surface area contributed by atoms with Crippen molar-refractivity contribution in [1.82, 2.24) is 10.2 Å². The lowest BCUT2D eigenvalue weighted by Gasteiger charge is -2.33. The monoisotopic (exact) mass is 310 g/mol. The average molecular weight is 311 g/mol. The average Bonchev–Trinajstić information content (AvgIpc) is 2.30. The molecule has 1 aliphatic heterocycles. The zero-order valence-corrected chi connectivity index (χ0v) is 12.0. The summed E-state index contributed by atoms with van der Waals surface area (Å²) in [6.45, 7) is 4.75. The standard InChI is InChI=1S/C13H15BrN2O2/c1-8-5-10(7-11(14)6-8)13(18)16-4-3-15-12(17)9(16)2/h5-7,9H,3-4H2,1-2H3,(H,15,17). The van der Waals surface area contributed by atoms with Crippen molar-refractivity contribution < 1.29 is 9.59 Å². The number of rotatable bonds is 1. The van der Waals surface area contributed by atoms with Gasteiger partial charge in [-0.05, 0) is 37.6 Å². The summed E-state index contributed by atoms with van der Waals surface area (Å²) >= 11 is 3.38. The van der Waals surface area contributed by atoms with Crippen molar-refractivity contribution in [1.29, 1.82) is 0 Å². The van der Waals surface area contributed by atoms with Gasteiger partial charge in [0.1, 0.15) is 6.04 Å². The van der Waals surface area contributed by atoms with Crippen LogP contribution in [0.4, 0.5) is 0 Å². The number of nitrogens with zero attached hydrogens (tertiary/aromatic N) is 1. The molecule has 1 aromatic rings. The Balaban J connectivity index is 2.27. The van der Waals surface area contributed by atoms with Crippen LogP contribution in [0.25, 0.3) is 0 Å². The third-order valence-electron chi connectivity index (χ3n) is 3.05.